The number of esters is 1. The minimum Gasteiger partial charge on any atom is -0.448 e. The zero-order valence-corrected chi connectivity index (χ0v) is 26.5. The van der Waals surface area contributed by atoms with E-state index in [9.17, 15) is 14.4 Å². The number of hydrogen-bond acceptors (Lipinski definition) is 9. The van der Waals surface area contributed by atoms with Crippen molar-refractivity contribution >= 4 is 47.1 Å². The quantitative estimate of drug-likeness (QED) is 0.146. The normalized spacial score (nSPS) is 18.2. The van der Waals surface area contributed by atoms with E-state index in [0.717, 1.165) is 21.8 Å². The van der Waals surface area contributed by atoms with Crippen molar-refractivity contribution in [1.82, 2.24) is 24.8 Å². The van der Waals surface area contributed by atoms with Crippen molar-refractivity contribution in [2.75, 3.05) is 5.75 Å². The minimum absolute atomic E-state index is 0.151. The van der Waals surface area contributed by atoms with Crippen molar-refractivity contribution in [3.8, 4) is 0 Å². The van der Waals surface area contributed by atoms with Crippen LogP contribution in [0.5, 0.6) is 0 Å². The maximum atomic E-state index is 14.1. The third-order valence-corrected chi connectivity index (χ3v) is 9.02. The van der Waals surface area contributed by atoms with Crippen LogP contribution in [0.3, 0.4) is 0 Å². The second-order valence-corrected chi connectivity index (χ2v) is 13.4. The highest BCUT2D eigenvalue weighted by molar-refractivity contribution is 8.02. The molecule has 2 aliphatic heterocycles. The van der Waals surface area contributed by atoms with Gasteiger partial charge >= 0.3 is 12.1 Å². The Morgan fingerprint density at radius 1 is 1.04 bits per heavy atom. The van der Waals surface area contributed by atoms with Crippen LogP contribution in [-0.2, 0) is 19.1 Å². The summed E-state index contributed by atoms with van der Waals surface area (Å²) in [5.41, 5.74) is 2.39. The van der Waals surface area contributed by atoms with Gasteiger partial charge in [-0.05, 0) is 61.1 Å². The summed E-state index contributed by atoms with van der Waals surface area (Å²) in [4.78, 5) is 45.8. The number of alkyl carbamates (subject to hydrolysis) is 1. The molecular formula is C33H31N5O5S2. The van der Waals surface area contributed by atoms with Gasteiger partial charge in [0.05, 0.1) is 0 Å². The highest BCUT2D eigenvalue weighted by Crippen LogP contribution is 2.42. The lowest BCUT2D eigenvalue weighted by molar-refractivity contribution is -0.153. The van der Waals surface area contributed by atoms with Crippen LogP contribution in [0.2, 0.25) is 0 Å². The highest BCUT2D eigenvalue weighted by Gasteiger charge is 2.54. The number of benzene rings is 2. The molecule has 2 aromatic carbocycles. The van der Waals surface area contributed by atoms with E-state index in [4.69, 9.17) is 9.47 Å². The lowest BCUT2D eigenvalue weighted by Crippen LogP contribution is -2.70. The number of thioether (sulfide) groups is 2. The molecule has 0 unspecified atom stereocenters. The van der Waals surface area contributed by atoms with E-state index in [0.29, 0.717) is 11.3 Å². The Morgan fingerprint density at radius 2 is 1.73 bits per heavy atom. The van der Waals surface area contributed by atoms with Crippen molar-refractivity contribution in [2.45, 2.75) is 48.9 Å². The molecule has 12 heteroatoms. The molecule has 45 heavy (non-hydrogen) atoms. The average Bonchev–Trinajstić information content (AvgIpc) is 3.50. The van der Waals surface area contributed by atoms with Gasteiger partial charge < -0.3 is 14.8 Å². The molecule has 0 bridgehead atoms. The molecule has 4 heterocycles. The first-order chi connectivity index (χ1) is 21.7. The van der Waals surface area contributed by atoms with Crippen LogP contribution in [0.1, 0.15) is 38.0 Å². The highest BCUT2D eigenvalue weighted by atomic mass is 32.2. The summed E-state index contributed by atoms with van der Waals surface area (Å²) < 4.78 is 13.3. The van der Waals surface area contributed by atoms with Gasteiger partial charge in [0.15, 0.2) is 11.8 Å². The minimum atomic E-state index is -0.835. The fraction of sp³-hybridized carbons (Fsp3) is 0.242. The number of nitrogens with one attached hydrogen (secondary N) is 1. The van der Waals surface area contributed by atoms with Gasteiger partial charge in [0.25, 0.3) is 5.91 Å². The van der Waals surface area contributed by atoms with Crippen molar-refractivity contribution in [1.29, 1.82) is 0 Å². The van der Waals surface area contributed by atoms with Crippen LogP contribution < -0.4 is 5.32 Å². The molecule has 0 aliphatic carbocycles. The Morgan fingerprint density at radius 3 is 2.40 bits per heavy atom. The smallest absolute Gasteiger partial charge is 0.408 e. The Bertz CT molecular complexity index is 1750. The van der Waals surface area contributed by atoms with Gasteiger partial charge in [-0.15, -0.1) is 11.8 Å². The molecule has 0 saturated carbocycles. The largest absolute Gasteiger partial charge is 0.448 e. The molecule has 0 radical (unpaired) electrons. The molecule has 0 spiro atoms. The number of fused-ring (bicyclic) bond motifs is 2. The van der Waals surface area contributed by atoms with E-state index in [-0.39, 0.29) is 5.70 Å². The van der Waals surface area contributed by atoms with E-state index in [2.05, 4.69) is 15.4 Å². The van der Waals surface area contributed by atoms with Crippen LogP contribution >= 0.6 is 23.5 Å². The monoisotopic (exact) mass is 641 g/mol. The molecule has 4 aromatic rings. The Balaban J connectivity index is 1.30. The Kier molecular flexibility index (Phi) is 8.68. The number of amides is 2. The topological polar surface area (TPSA) is 115 Å². The second kappa shape index (κ2) is 12.8. The number of carbonyl (C=O) groups is 3. The standard InChI is InChI=1S/C33H31N5O5S2/c1-33(2,3)43-32(41)35-26-29(39)38-27(31(40)42-28(21-10-6-4-7-11-21)22-12-8-5-9-13-22)23(20-45-30(26)38)16-19-44-25-15-14-24-34-17-18-37(24)36-25/h4-19,26,28,30H,20H2,1-3H3,(H,35,41)/b19-16-/t26-,30-/m1/s1. The summed E-state index contributed by atoms with van der Waals surface area (Å²) in [6.45, 7) is 5.26. The molecule has 1 fully saturated rings. The lowest BCUT2D eigenvalue weighted by Gasteiger charge is -2.49. The SMILES string of the molecule is CC(C)(C)OC(=O)N[C@@H]1C(=O)N2C(C(=O)OC(c3ccccc3)c3ccccc3)=C(/C=C\Sc3ccc4nccn4n3)CS[C@H]12. The number of hydrogen-bond donors (Lipinski definition) is 1. The fourth-order valence-electron chi connectivity index (χ4n) is 4.99. The molecule has 2 aliphatic rings. The van der Waals surface area contributed by atoms with Gasteiger partial charge in [-0.25, -0.2) is 19.1 Å². The maximum Gasteiger partial charge on any atom is 0.408 e. The second-order valence-electron chi connectivity index (χ2n) is 11.3. The molecule has 6 rings (SSSR count). The zero-order chi connectivity index (χ0) is 31.6. The van der Waals surface area contributed by atoms with E-state index in [1.807, 2.05) is 84.3 Å². The number of aromatic nitrogens is 3. The molecule has 230 valence electrons. The number of allylic oxidation sites excluding steroid dienone is 1. The molecule has 1 N–H and O–H groups in total. The van der Waals surface area contributed by atoms with E-state index < -0.39 is 41.1 Å². The van der Waals surface area contributed by atoms with Gasteiger partial charge in [-0.3, -0.25) is 9.69 Å². The summed E-state index contributed by atoms with van der Waals surface area (Å²) in [5, 5.41) is 9.29. The van der Waals surface area contributed by atoms with Gasteiger partial charge in [-0.1, -0.05) is 72.4 Å². The number of nitrogens with zero attached hydrogens (tertiary/aromatic N) is 4. The van der Waals surface area contributed by atoms with E-state index >= 15 is 0 Å². The third kappa shape index (κ3) is 6.76. The van der Waals surface area contributed by atoms with Crippen molar-refractivity contribution in [3.63, 3.8) is 0 Å². The summed E-state index contributed by atoms with van der Waals surface area (Å²) in [5.74, 6) is -0.631. The molecule has 2 atom stereocenters. The lowest BCUT2D eigenvalue weighted by atomic mass is 10.0. The first-order valence-corrected chi connectivity index (χ1v) is 16.2. The first kappa shape index (κ1) is 30.5. The molecule has 2 amide bonds. The summed E-state index contributed by atoms with van der Waals surface area (Å²) in [6, 6.07) is 21.8. The van der Waals surface area contributed by atoms with Crippen LogP contribution in [0, 0.1) is 0 Å². The average molecular weight is 642 g/mol. The number of β-lactam (4-membered cyclic amide) rings is 1. The number of imidazole rings is 1. The first-order valence-electron chi connectivity index (χ1n) is 14.3. The summed E-state index contributed by atoms with van der Waals surface area (Å²) >= 11 is 2.83. The summed E-state index contributed by atoms with van der Waals surface area (Å²) in [7, 11) is 0. The third-order valence-electron chi connectivity index (χ3n) is 6.98. The van der Waals surface area contributed by atoms with E-state index in [1.54, 1.807) is 37.7 Å². The predicted molar refractivity (Wildman–Crippen MR) is 172 cm³/mol. The fourth-order valence-corrected chi connectivity index (χ4v) is 6.96. The number of rotatable bonds is 8. The molecular weight excluding hydrogens is 611 g/mol. The van der Waals surface area contributed by atoms with Crippen LogP contribution in [0.4, 0.5) is 4.79 Å². The van der Waals surface area contributed by atoms with Crippen LogP contribution in [-0.4, -0.2) is 60.2 Å². The maximum absolute atomic E-state index is 14.1. The Hall–Kier alpha value is -4.55. The van der Waals surface area contributed by atoms with Crippen LogP contribution in [0.25, 0.3) is 5.65 Å². The predicted octanol–water partition coefficient (Wildman–Crippen LogP) is 5.73. The van der Waals surface area contributed by atoms with Gasteiger partial charge in [0, 0.05) is 18.1 Å². The van der Waals surface area contributed by atoms with Crippen molar-refractivity contribution in [2.24, 2.45) is 0 Å². The van der Waals surface area contributed by atoms with Gasteiger partial charge in [-0.2, -0.15) is 5.10 Å². The summed E-state index contributed by atoms with van der Waals surface area (Å²) in [6.07, 6.45) is 3.87. The number of carbonyl (C=O) groups excluding carboxylic acids is 3. The van der Waals surface area contributed by atoms with Crippen LogP contribution in [0.15, 0.2) is 113 Å². The van der Waals surface area contributed by atoms with Crippen molar-refractivity contribution in [3.05, 3.63) is 119 Å². The molecule has 2 aromatic heterocycles. The van der Waals surface area contributed by atoms with Gasteiger partial charge in [0.2, 0.25) is 0 Å². The van der Waals surface area contributed by atoms with Gasteiger partial charge in [0.1, 0.15) is 27.7 Å². The number of ether oxygens (including phenoxy) is 2. The Labute approximate surface area is 268 Å². The molecule has 10 nitrogen and oxygen atoms in total. The molecule has 1 saturated heterocycles. The van der Waals surface area contributed by atoms with E-state index in [1.165, 1.54) is 28.4 Å². The zero-order valence-electron chi connectivity index (χ0n) is 24.8. The van der Waals surface area contributed by atoms with Crippen molar-refractivity contribution < 1.29 is 23.9 Å².